The highest BCUT2D eigenvalue weighted by molar-refractivity contribution is 5.21. The summed E-state index contributed by atoms with van der Waals surface area (Å²) in [6.07, 6.45) is 3.03. The molecule has 0 saturated carbocycles. The molecule has 0 aromatic carbocycles. The van der Waals surface area contributed by atoms with E-state index in [0.29, 0.717) is 6.61 Å². The summed E-state index contributed by atoms with van der Waals surface area (Å²) in [4.78, 5) is 4.60. The smallest absolute Gasteiger partial charge is 0.135 e. The van der Waals surface area contributed by atoms with Crippen molar-refractivity contribution in [1.82, 2.24) is 9.55 Å². The van der Waals surface area contributed by atoms with E-state index in [1.807, 2.05) is 6.92 Å². The molecule has 0 radical (unpaired) electrons. The van der Waals surface area contributed by atoms with Crippen LogP contribution in [0, 0.1) is 0 Å². The molecule has 1 heterocycles. The van der Waals surface area contributed by atoms with Gasteiger partial charge in [-0.3, -0.25) is 0 Å². The maximum Gasteiger partial charge on any atom is 0.135 e. The van der Waals surface area contributed by atoms with Gasteiger partial charge in [-0.2, -0.15) is 0 Å². The second kappa shape index (κ2) is 4.33. The van der Waals surface area contributed by atoms with E-state index < -0.39 is 0 Å². The van der Waals surface area contributed by atoms with Gasteiger partial charge in [-0.05, 0) is 19.8 Å². The molecule has 15 heavy (non-hydrogen) atoms. The second-order valence-corrected chi connectivity index (χ2v) is 4.12. The highest BCUT2D eigenvalue weighted by Gasteiger charge is 2.21. The van der Waals surface area contributed by atoms with Crippen LogP contribution in [0.15, 0.2) is 0 Å². The summed E-state index contributed by atoms with van der Waals surface area (Å²) in [5.74, 6) is 1.02. The average molecular weight is 209 g/mol. The van der Waals surface area contributed by atoms with Gasteiger partial charge in [-0.1, -0.05) is 0 Å². The molecule has 1 aromatic heterocycles. The Morgan fingerprint density at radius 1 is 1.60 bits per heavy atom. The summed E-state index contributed by atoms with van der Waals surface area (Å²) in [5, 5.41) is 0. The van der Waals surface area contributed by atoms with Crippen LogP contribution < -0.4 is 5.73 Å². The molecule has 0 bridgehead atoms. The van der Waals surface area contributed by atoms with Crippen molar-refractivity contribution in [3.05, 3.63) is 17.2 Å². The van der Waals surface area contributed by atoms with Gasteiger partial charge in [0.05, 0.1) is 5.69 Å². The van der Waals surface area contributed by atoms with Gasteiger partial charge < -0.3 is 15.0 Å². The molecule has 2 N–H and O–H groups in total. The van der Waals surface area contributed by atoms with E-state index in [4.69, 9.17) is 10.5 Å². The third-order valence-corrected chi connectivity index (χ3v) is 3.03. The molecule has 0 spiro atoms. The zero-order chi connectivity index (χ0) is 10.8. The lowest BCUT2D eigenvalue weighted by molar-refractivity contribution is 0.126. The van der Waals surface area contributed by atoms with Gasteiger partial charge in [0.15, 0.2) is 0 Å². The molecular formula is C11H19N3O. The van der Waals surface area contributed by atoms with Crippen molar-refractivity contribution in [2.45, 2.75) is 38.8 Å². The van der Waals surface area contributed by atoms with E-state index in [1.165, 1.54) is 11.4 Å². The van der Waals surface area contributed by atoms with Crippen LogP contribution in [-0.2, 0) is 31.2 Å². The van der Waals surface area contributed by atoms with E-state index in [-0.39, 0.29) is 6.04 Å². The van der Waals surface area contributed by atoms with Crippen LogP contribution in [0.1, 0.15) is 30.6 Å². The maximum absolute atomic E-state index is 5.93. The van der Waals surface area contributed by atoms with Crippen molar-refractivity contribution in [1.29, 1.82) is 0 Å². The Bertz CT molecular complexity index is 346. The first-order valence-electron chi connectivity index (χ1n) is 5.59. The van der Waals surface area contributed by atoms with Gasteiger partial charge >= 0.3 is 0 Å². The van der Waals surface area contributed by atoms with Crippen molar-refractivity contribution >= 4 is 0 Å². The number of hydrogen-bond acceptors (Lipinski definition) is 3. The van der Waals surface area contributed by atoms with Crippen LogP contribution >= 0.6 is 0 Å². The number of imidazole rings is 1. The molecule has 1 aliphatic carbocycles. The van der Waals surface area contributed by atoms with Crippen molar-refractivity contribution in [2.75, 3.05) is 6.61 Å². The summed E-state index contributed by atoms with van der Waals surface area (Å²) in [7, 11) is 2.07. The largest absolute Gasteiger partial charge is 0.374 e. The van der Waals surface area contributed by atoms with Gasteiger partial charge in [0.2, 0.25) is 0 Å². The number of hydrogen-bond donors (Lipinski definition) is 1. The molecule has 2 rings (SSSR count). The fourth-order valence-corrected chi connectivity index (χ4v) is 2.12. The van der Waals surface area contributed by atoms with E-state index in [0.717, 1.165) is 31.7 Å². The number of nitrogens with two attached hydrogens (primary N) is 1. The minimum atomic E-state index is 0.285. The zero-order valence-electron chi connectivity index (χ0n) is 9.49. The Kier molecular flexibility index (Phi) is 3.07. The lowest BCUT2D eigenvalue weighted by Crippen LogP contribution is -2.28. The minimum absolute atomic E-state index is 0.285. The summed E-state index contributed by atoms with van der Waals surface area (Å²) in [6, 6.07) is 0.285. The minimum Gasteiger partial charge on any atom is -0.374 e. The van der Waals surface area contributed by atoms with Gasteiger partial charge in [0.1, 0.15) is 12.4 Å². The van der Waals surface area contributed by atoms with Gasteiger partial charge in [0.25, 0.3) is 0 Å². The number of ether oxygens (including phenoxy) is 1. The Morgan fingerprint density at radius 3 is 3.13 bits per heavy atom. The van der Waals surface area contributed by atoms with Crippen LogP contribution in [0.4, 0.5) is 0 Å². The molecule has 1 aliphatic rings. The molecule has 1 aromatic rings. The lowest BCUT2D eigenvalue weighted by atomic mass is 9.97. The summed E-state index contributed by atoms with van der Waals surface area (Å²) >= 11 is 0. The second-order valence-electron chi connectivity index (χ2n) is 4.12. The highest BCUT2D eigenvalue weighted by atomic mass is 16.5. The molecule has 0 aliphatic heterocycles. The Morgan fingerprint density at radius 2 is 2.40 bits per heavy atom. The number of fused-ring (bicyclic) bond motifs is 1. The van der Waals surface area contributed by atoms with Crippen LogP contribution in [0.3, 0.4) is 0 Å². The molecule has 0 amide bonds. The quantitative estimate of drug-likeness (QED) is 0.800. The Labute approximate surface area is 90.4 Å². The molecular weight excluding hydrogens is 190 g/mol. The number of aromatic nitrogens is 2. The number of rotatable bonds is 3. The third-order valence-electron chi connectivity index (χ3n) is 3.03. The van der Waals surface area contributed by atoms with Gasteiger partial charge in [-0.15, -0.1) is 0 Å². The fraction of sp³-hybridized carbons (Fsp3) is 0.727. The molecule has 0 saturated heterocycles. The lowest BCUT2D eigenvalue weighted by Gasteiger charge is -2.17. The van der Waals surface area contributed by atoms with E-state index in [9.17, 15) is 0 Å². The topological polar surface area (TPSA) is 53.1 Å². The van der Waals surface area contributed by atoms with Crippen LogP contribution in [0.25, 0.3) is 0 Å². The summed E-state index contributed by atoms with van der Waals surface area (Å²) < 4.78 is 7.55. The predicted molar refractivity (Wildman–Crippen MR) is 58.5 cm³/mol. The molecule has 4 heteroatoms. The molecule has 84 valence electrons. The number of nitrogens with zero attached hydrogens (tertiary/aromatic N) is 2. The summed E-state index contributed by atoms with van der Waals surface area (Å²) in [5.41, 5.74) is 8.44. The van der Waals surface area contributed by atoms with E-state index in [2.05, 4.69) is 16.6 Å². The maximum atomic E-state index is 5.93. The van der Waals surface area contributed by atoms with Crippen molar-refractivity contribution in [2.24, 2.45) is 12.8 Å². The van der Waals surface area contributed by atoms with Crippen molar-refractivity contribution < 1.29 is 4.74 Å². The highest BCUT2D eigenvalue weighted by Crippen LogP contribution is 2.21. The first-order chi connectivity index (χ1) is 7.22. The Balaban J connectivity index is 2.20. The Hall–Kier alpha value is -0.870. The average Bonchev–Trinajstić information content (AvgIpc) is 2.52. The monoisotopic (exact) mass is 209 g/mol. The van der Waals surface area contributed by atoms with E-state index >= 15 is 0 Å². The van der Waals surface area contributed by atoms with Crippen molar-refractivity contribution in [3.8, 4) is 0 Å². The van der Waals surface area contributed by atoms with Gasteiger partial charge in [-0.25, -0.2) is 4.98 Å². The first-order valence-corrected chi connectivity index (χ1v) is 5.59. The summed E-state index contributed by atoms with van der Waals surface area (Å²) in [6.45, 7) is 3.34. The van der Waals surface area contributed by atoms with Crippen LogP contribution in [-0.4, -0.2) is 22.2 Å². The normalized spacial score (nSPS) is 20.3. The molecule has 0 fully saturated rings. The zero-order valence-corrected chi connectivity index (χ0v) is 9.49. The molecule has 4 nitrogen and oxygen atoms in total. The predicted octanol–water partition coefficient (Wildman–Crippen LogP) is 0.773. The fourth-order valence-electron chi connectivity index (χ4n) is 2.12. The van der Waals surface area contributed by atoms with E-state index in [1.54, 1.807) is 0 Å². The van der Waals surface area contributed by atoms with Gasteiger partial charge in [0, 0.05) is 31.8 Å². The SMILES string of the molecule is CCOCc1nc2c(n1C)CCC(N)C2. The standard InChI is InChI=1S/C11H19N3O/c1-3-15-7-11-13-9-6-8(12)4-5-10(9)14(11)2/h8H,3-7,12H2,1-2H3. The van der Waals surface area contributed by atoms with Crippen molar-refractivity contribution in [3.63, 3.8) is 0 Å². The van der Waals surface area contributed by atoms with Crippen LogP contribution in [0.2, 0.25) is 0 Å². The van der Waals surface area contributed by atoms with Crippen LogP contribution in [0.5, 0.6) is 0 Å². The molecule has 1 unspecified atom stereocenters. The third kappa shape index (κ3) is 2.06. The molecule has 1 atom stereocenters. The first kappa shape index (κ1) is 10.6.